The van der Waals surface area contributed by atoms with E-state index in [-0.39, 0.29) is 6.04 Å². The van der Waals surface area contributed by atoms with Gasteiger partial charge in [-0.15, -0.1) is 0 Å². The second kappa shape index (κ2) is 6.59. The Morgan fingerprint density at radius 3 is 2.80 bits per heavy atom. The molecule has 0 saturated carbocycles. The lowest BCUT2D eigenvalue weighted by Crippen LogP contribution is -2.38. The van der Waals surface area contributed by atoms with Gasteiger partial charge in [-0.1, -0.05) is 25.1 Å². The first kappa shape index (κ1) is 15.3. The van der Waals surface area contributed by atoms with Crippen molar-refractivity contribution in [2.75, 3.05) is 19.8 Å². The molecule has 1 aromatic carbocycles. The Morgan fingerprint density at radius 2 is 2.20 bits per heavy atom. The number of benzene rings is 1. The number of hydrogen-bond acceptors (Lipinski definition) is 2. The van der Waals surface area contributed by atoms with Gasteiger partial charge in [-0.05, 0) is 31.0 Å². The molecule has 1 fully saturated rings. The SMILES string of the molecule is CCNC(Cc1cccc(C(F)(F)F)c1)C1CCOC1. The minimum atomic E-state index is -4.28. The van der Waals surface area contributed by atoms with Crippen molar-refractivity contribution in [3.63, 3.8) is 0 Å². The van der Waals surface area contributed by atoms with Gasteiger partial charge in [0.1, 0.15) is 0 Å². The van der Waals surface area contributed by atoms with Gasteiger partial charge >= 0.3 is 6.18 Å². The molecule has 112 valence electrons. The van der Waals surface area contributed by atoms with Gasteiger partial charge in [0.2, 0.25) is 0 Å². The third-order valence-corrected chi connectivity index (χ3v) is 3.71. The van der Waals surface area contributed by atoms with Crippen LogP contribution in [-0.2, 0) is 17.3 Å². The number of rotatable bonds is 5. The van der Waals surface area contributed by atoms with E-state index in [1.54, 1.807) is 6.07 Å². The molecule has 0 spiro atoms. The Hall–Kier alpha value is -1.07. The average molecular weight is 287 g/mol. The number of ether oxygens (including phenoxy) is 1. The minimum absolute atomic E-state index is 0.172. The van der Waals surface area contributed by atoms with Crippen molar-refractivity contribution in [3.05, 3.63) is 35.4 Å². The fraction of sp³-hybridized carbons (Fsp3) is 0.600. The number of halogens is 3. The van der Waals surface area contributed by atoms with Gasteiger partial charge in [0.25, 0.3) is 0 Å². The van der Waals surface area contributed by atoms with Gasteiger partial charge in [-0.3, -0.25) is 0 Å². The highest BCUT2D eigenvalue weighted by Gasteiger charge is 2.31. The number of nitrogens with one attached hydrogen (secondary N) is 1. The molecule has 1 aliphatic rings. The van der Waals surface area contributed by atoms with Crippen LogP contribution in [0, 0.1) is 5.92 Å². The maximum atomic E-state index is 12.7. The molecule has 2 rings (SSSR count). The maximum absolute atomic E-state index is 12.7. The summed E-state index contributed by atoms with van der Waals surface area (Å²) in [5.41, 5.74) is 0.144. The summed E-state index contributed by atoms with van der Waals surface area (Å²) < 4.78 is 43.5. The van der Waals surface area contributed by atoms with E-state index in [9.17, 15) is 13.2 Å². The predicted octanol–water partition coefficient (Wildman–Crippen LogP) is 3.26. The highest BCUT2D eigenvalue weighted by Crippen LogP contribution is 2.30. The lowest BCUT2D eigenvalue weighted by molar-refractivity contribution is -0.137. The molecule has 0 amide bonds. The fourth-order valence-corrected chi connectivity index (χ4v) is 2.67. The number of hydrogen-bond donors (Lipinski definition) is 1. The Balaban J connectivity index is 2.09. The summed E-state index contributed by atoms with van der Waals surface area (Å²) in [6.45, 7) is 4.25. The third-order valence-electron chi connectivity index (χ3n) is 3.71. The Morgan fingerprint density at radius 1 is 1.40 bits per heavy atom. The lowest BCUT2D eigenvalue weighted by Gasteiger charge is -2.23. The van der Waals surface area contributed by atoms with E-state index in [2.05, 4.69) is 5.32 Å². The molecule has 1 heterocycles. The molecule has 0 aromatic heterocycles. The number of alkyl halides is 3. The van der Waals surface area contributed by atoms with Crippen LogP contribution in [0.15, 0.2) is 24.3 Å². The van der Waals surface area contributed by atoms with Crippen LogP contribution in [0.2, 0.25) is 0 Å². The largest absolute Gasteiger partial charge is 0.416 e. The fourth-order valence-electron chi connectivity index (χ4n) is 2.67. The highest BCUT2D eigenvalue weighted by molar-refractivity contribution is 5.26. The molecule has 2 nitrogen and oxygen atoms in total. The predicted molar refractivity (Wildman–Crippen MR) is 71.5 cm³/mol. The minimum Gasteiger partial charge on any atom is -0.381 e. The highest BCUT2D eigenvalue weighted by atomic mass is 19.4. The molecule has 1 aromatic rings. The molecule has 0 radical (unpaired) electrons. The van der Waals surface area contributed by atoms with E-state index in [1.807, 2.05) is 6.92 Å². The molecule has 2 atom stereocenters. The van der Waals surface area contributed by atoms with Crippen LogP contribution in [0.3, 0.4) is 0 Å². The van der Waals surface area contributed by atoms with Gasteiger partial charge in [0.15, 0.2) is 0 Å². The Labute approximate surface area is 117 Å². The molecular formula is C15H20F3NO. The zero-order chi connectivity index (χ0) is 14.6. The zero-order valence-corrected chi connectivity index (χ0v) is 11.5. The van der Waals surface area contributed by atoms with Gasteiger partial charge < -0.3 is 10.1 Å². The average Bonchev–Trinajstić information content (AvgIpc) is 2.91. The lowest BCUT2D eigenvalue weighted by atomic mass is 9.92. The van der Waals surface area contributed by atoms with Gasteiger partial charge in [-0.25, -0.2) is 0 Å². The topological polar surface area (TPSA) is 21.3 Å². The molecule has 1 aliphatic heterocycles. The second-order valence-corrected chi connectivity index (χ2v) is 5.19. The van der Waals surface area contributed by atoms with Crippen molar-refractivity contribution in [2.45, 2.75) is 32.0 Å². The molecule has 0 aliphatic carbocycles. The summed E-state index contributed by atoms with van der Waals surface area (Å²) in [5, 5.41) is 3.37. The summed E-state index contributed by atoms with van der Waals surface area (Å²) in [6, 6.07) is 5.78. The normalized spacial score (nSPS) is 21.1. The van der Waals surface area contributed by atoms with E-state index in [0.717, 1.165) is 31.2 Å². The quantitative estimate of drug-likeness (QED) is 0.897. The van der Waals surface area contributed by atoms with Crippen molar-refractivity contribution in [1.82, 2.24) is 5.32 Å². The smallest absolute Gasteiger partial charge is 0.381 e. The van der Waals surface area contributed by atoms with Crippen LogP contribution in [0.4, 0.5) is 13.2 Å². The van der Waals surface area contributed by atoms with Gasteiger partial charge in [-0.2, -0.15) is 13.2 Å². The van der Waals surface area contributed by atoms with Crippen LogP contribution in [0.5, 0.6) is 0 Å². The standard InChI is InChI=1S/C15H20F3NO/c1-2-19-14(12-6-7-20-10-12)9-11-4-3-5-13(8-11)15(16,17)18/h3-5,8,12,14,19H,2,6-7,9-10H2,1H3. The summed E-state index contributed by atoms with van der Waals surface area (Å²) in [6.07, 6.45) is -2.71. The summed E-state index contributed by atoms with van der Waals surface area (Å²) >= 11 is 0. The molecule has 1 N–H and O–H groups in total. The van der Waals surface area contributed by atoms with Crippen molar-refractivity contribution in [2.24, 2.45) is 5.92 Å². The van der Waals surface area contributed by atoms with E-state index in [4.69, 9.17) is 4.74 Å². The molecule has 20 heavy (non-hydrogen) atoms. The first-order valence-electron chi connectivity index (χ1n) is 6.98. The molecule has 2 unspecified atom stereocenters. The summed E-state index contributed by atoms with van der Waals surface area (Å²) in [7, 11) is 0. The van der Waals surface area contributed by atoms with E-state index in [1.165, 1.54) is 12.1 Å². The summed E-state index contributed by atoms with van der Waals surface area (Å²) in [4.78, 5) is 0. The van der Waals surface area contributed by atoms with Gasteiger partial charge in [0, 0.05) is 18.6 Å². The van der Waals surface area contributed by atoms with Crippen molar-refractivity contribution < 1.29 is 17.9 Å². The van der Waals surface area contributed by atoms with Crippen LogP contribution in [-0.4, -0.2) is 25.8 Å². The summed E-state index contributed by atoms with van der Waals surface area (Å²) in [5.74, 6) is 0.379. The molecule has 0 bridgehead atoms. The van der Waals surface area contributed by atoms with E-state index in [0.29, 0.717) is 18.9 Å². The Bertz CT molecular complexity index is 427. The van der Waals surface area contributed by atoms with Crippen LogP contribution in [0.25, 0.3) is 0 Å². The van der Waals surface area contributed by atoms with Crippen molar-refractivity contribution >= 4 is 0 Å². The first-order chi connectivity index (χ1) is 9.50. The maximum Gasteiger partial charge on any atom is 0.416 e. The zero-order valence-electron chi connectivity index (χ0n) is 11.5. The molecule has 1 saturated heterocycles. The molecular weight excluding hydrogens is 267 g/mol. The monoisotopic (exact) mass is 287 g/mol. The second-order valence-electron chi connectivity index (χ2n) is 5.19. The van der Waals surface area contributed by atoms with Gasteiger partial charge in [0.05, 0.1) is 12.2 Å². The number of likely N-dealkylation sites (N-methyl/N-ethyl adjacent to an activating group) is 1. The van der Waals surface area contributed by atoms with E-state index >= 15 is 0 Å². The van der Waals surface area contributed by atoms with Crippen LogP contribution >= 0.6 is 0 Å². The first-order valence-corrected chi connectivity index (χ1v) is 6.98. The van der Waals surface area contributed by atoms with Crippen molar-refractivity contribution in [3.8, 4) is 0 Å². The Kier molecular flexibility index (Phi) is 5.05. The third kappa shape index (κ3) is 3.96. The van der Waals surface area contributed by atoms with E-state index < -0.39 is 11.7 Å². The van der Waals surface area contributed by atoms with Crippen LogP contribution in [0.1, 0.15) is 24.5 Å². The molecule has 5 heteroatoms. The van der Waals surface area contributed by atoms with Crippen LogP contribution < -0.4 is 5.32 Å². The van der Waals surface area contributed by atoms with Crippen molar-refractivity contribution in [1.29, 1.82) is 0 Å².